The molecule has 0 unspecified atom stereocenters. The van der Waals surface area contributed by atoms with Gasteiger partial charge >= 0.3 is 5.97 Å². The fourth-order valence-electron chi connectivity index (χ4n) is 1.59. The largest absolute Gasteiger partial charge is 0.477 e. The molecule has 0 atom stereocenters. The third kappa shape index (κ3) is 2.67. The molecule has 2 rings (SSSR count). The number of aromatic nitrogens is 2. The van der Waals surface area contributed by atoms with E-state index in [1.54, 1.807) is 26.0 Å². The molecule has 0 amide bonds. The second kappa shape index (κ2) is 5.01. The van der Waals surface area contributed by atoms with Gasteiger partial charge in [-0.05, 0) is 26.0 Å². The van der Waals surface area contributed by atoms with Gasteiger partial charge in [0.15, 0.2) is 0 Å². The van der Waals surface area contributed by atoms with Crippen molar-refractivity contribution in [2.45, 2.75) is 13.8 Å². The van der Waals surface area contributed by atoms with Gasteiger partial charge in [-0.3, -0.25) is 0 Å². The number of hydrogen-bond donors (Lipinski definition) is 2. The molecule has 1 aromatic heterocycles. The van der Waals surface area contributed by atoms with Crippen LogP contribution < -0.4 is 5.32 Å². The van der Waals surface area contributed by atoms with Gasteiger partial charge in [0.05, 0.1) is 0 Å². The molecular formula is C13H12FN3O2. The van der Waals surface area contributed by atoms with Crippen molar-refractivity contribution in [3.8, 4) is 0 Å². The highest BCUT2D eigenvalue weighted by Gasteiger charge is 2.14. The molecular weight excluding hydrogens is 249 g/mol. The minimum Gasteiger partial charge on any atom is -0.477 e. The van der Waals surface area contributed by atoms with Gasteiger partial charge in [-0.2, -0.15) is 0 Å². The van der Waals surface area contributed by atoms with Crippen LogP contribution in [0.1, 0.15) is 21.7 Å². The van der Waals surface area contributed by atoms with E-state index in [1.807, 2.05) is 0 Å². The van der Waals surface area contributed by atoms with E-state index in [0.29, 0.717) is 17.1 Å². The molecule has 0 fully saturated rings. The molecule has 0 saturated carbocycles. The van der Waals surface area contributed by atoms with E-state index in [9.17, 15) is 9.18 Å². The Hall–Kier alpha value is -2.50. The highest BCUT2D eigenvalue weighted by atomic mass is 19.1. The topological polar surface area (TPSA) is 75.1 Å². The van der Waals surface area contributed by atoms with Crippen molar-refractivity contribution < 1.29 is 14.3 Å². The standard InChI is InChI=1S/C13H12FN3O2/c1-7-10(14)4-3-5-11(7)17-12-9(13(18)19)6-15-8(2)16-12/h3-6H,1-2H3,(H,18,19)(H,15,16,17). The Labute approximate surface area is 109 Å². The molecule has 0 aliphatic carbocycles. The summed E-state index contributed by atoms with van der Waals surface area (Å²) < 4.78 is 13.4. The zero-order valence-corrected chi connectivity index (χ0v) is 10.4. The van der Waals surface area contributed by atoms with Crippen LogP contribution in [0.15, 0.2) is 24.4 Å². The molecule has 19 heavy (non-hydrogen) atoms. The summed E-state index contributed by atoms with van der Waals surface area (Å²) >= 11 is 0. The first-order chi connectivity index (χ1) is 8.99. The van der Waals surface area contributed by atoms with E-state index in [1.165, 1.54) is 12.3 Å². The van der Waals surface area contributed by atoms with Crippen molar-refractivity contribution in [2.75, 3.05) is 5.32 Å². The van der Waals surface area contributed by atoms with Crippen LogP contribution in [0.3, 0.4) is 0 Å². The highest BCUT2D eigenvalue weighted by Crippen LogP contribution is 2.23. The fourth-order valence-corrected chi connectivity index (χ4v) is 1.59. The lowest BCUT2D eigenvalue weighted by molar-refractivity contribution is 0.0697. The summed E-state index contributed by atoms with van der Waals surface area (Å²) in [7, 11) is 0. The minimum absolute atomic E-state index is 0.0609. The summed E-state index contributed by atoms with van der Waals surface area (Å²) in [5, 5.41) is 11.9. The van der Waals surface area contributed by atoms with E-state index in [0.717, 1.165) is 0 Å². The maximum atomic E-state index is 13.4. The third-order valence-corrected chi connectivity index (χ3v) is 2.66. The highest BCUT2D eigenvalue weighted by molar-refractivity contribution is 5.93. The minimum atomic E-state index is -1.14. The lowest BCUT2D eigenvalue weighted by atomic mass is 10.2. The monoisotopic (exact) mass is 261 g/mol. The quantitative estimate of drug-likeness (QED) is 0.888. The van der Waals surface area contributed by atoms with Gasteiger partial charge in [0.1, 0.15) is 23.0 Å². The van der Waals surface area contributed by atoms with Crippen LogP contribution in [0.25, 0.3) is 0 Å². The zero-order chi connectivity index (χ0) is 14.0. The van der Waals surface area contributed by atoms with Gasteiger partial charge in [0.2, 0.25) is 0 Å². The van der Waals surface area contributed by atoms with E-state index >= 15 is 0 Å². The van der Waals surface area contributed by atoms with Crippen LogP contribution in [-0.4, -0.2) is 21.0 Å². The molecule has 0 radical (unpaired) electrons. The molecule has 1 aromatic carbocycles. The van der Waals surface area contributed by atoms with Gasteiger partial charge in [0.25, 0.3) is 0 Å². The van der Waals surface area contributed by atoms with Crippen LogP contribution in [0.4, 0.5) is 15.9 Å². The van der Waals surface area contributed by atoms with Crippen molar-refractivity contribution in [3.05, 3.63) is 47.2 Å². The SMILES string of the molecule is Cc1ncc(C(=O)O)c(Nc2cccc(F)c2C)n1. The van der Waals surface area contributed by atoms with Gasteiger partial charge in [-0.25, -0.2) is 19.2 Å². The second-order valence-corrected chi connectivity index (χ2v) is 4.02. The van der Waals surface area contributed by atoms with Crippen molar-refractivity contribution in [1.29, 1.82) is 0 Å². The fraction of sp³-hybridized carbons (Fsp3) is 0.154. The number of rotatable bonds is 3. The third-order valence-electron chi connectivity index (χ3n) is 2.66. The first-order valence-corrected chi connectivity index (χ1v) is 5.58. The smallest absolute Gasteiger partial charge is 0.341 e. The van der Waals surface area contributed by atoms with Crippen LogP contribution in [0.5, 0.6) is 0 Å². The number of aromatic carboxylic acids is 1. The predicted molar refractivity (Wildman–Crippen MR) is 68.1 cm³/mol. The number of nitrogens with zero attached hydrogens (tertiary/aromatic N) is 2. The predicted octanol–water partition coefficient (Wildman–Crippen LogP) is 2.67. The van der Waals surface area contributed by atoms with Crippen LogP contribution in [0.2, 0.25) is 0 Å². The Bertz CT molecular complexity index is 644. The van der Waals surface area contributed by atoms with Crippen molar-refractivity contribution in [1.82, 2.24) is 9.97 Å². The maximum Gasteiger partial charge on any atom is 0.341 e. The summed E-state index contributed by atoms with van der Waals surface area (Å²) in [6.07, 6.45) is 1.22. The molecule has 0 bridgehead atoms. The summed E-state index contributed by atoms with van der Waals surface area (Å²) in [5.41, 5.74) is 0.810. The molecule has 2 aromatic rings. The van der Waals surface area contributed by atoms with Crippen molar-refractivity contribution >= 4 is 17.5 Å². The summed E-state index contributed by atoms with van der Waals surface area (Å²) in [5.74, 6) is -0.931. The first kappa shape index (κ1) is 12.9. The Morgan fingerprint density at radius 2 is 2.11 bits per heavy atom. The molecule has 0 saturated heterocycles. The molecule has 0 spiro atoms. The number of carboxylic acid groups (broad SMARTS) is 1. The number of carboxylic acids is 1. The molecule has 2 N–H and O–H groups in total. The van der Waals surface area contributed by atoms with E-state index in [2.05, 4.69) is 15.3 Å². The Kier molecular flexibility index (Phi) is 3.41. The van der Waals surface area contributed by atoms with E-state index in [-0.39, 0.29) is 17.2 Å². The van der Waals surface area contributed by atoms with Gasteiger partial charge < -0.3 is 10.4 Å². The van der Waals surface area contributed by atoms with Crippen LogP contribution in [0, 0.1) is 19.7 Å². The number of carbonyl (C=O) groups is 1. The number of halogens is 1. The lowest BCUT2D eigenvalue weighted by Crippen LogP contribution is -2.08. The number of aryl methyl sites for hydroxylation is 1. The average Bonchev–Trinajstić information content (AvgIpc) is 2.35. The molecule has 6 heteroatoms. The molecule has 1 heterocycles. The van der Waals surface area contributed by atoms with Gasteiger partial charge in [0, 0.05) is 17.4 Å². The molecule has 0 aliphatic heterocycles. The molecule has 0 aliphatic rings. The molecule has 98 valence electrons. The Balaban J connectivity index is 2.45. The Morgan fingerprint density at radius 3 is 2.79 bits per heavy atom. The zero-order valence-electron chi connectivity index (χ0n) is 10.4. The van der Waals surface area contributed by atoms with Crippen LogP contribution in [-0.2, 0) is 0 Å². The van der Waals surface area contributed by atoms with E-state index in [4.69, 9.17) is 5.11 Å². The van der Waals surface area contributed by atoms with Gasteiger partial charge in [-0.1, -0.05) is 6.07 Å². The van der Waals surface area contributed by atoms with Gasteiger partial charge in [-0.15, -0.1) is 0 Å². The normalized spacial score (nSPS) is 10.3. The Morgan fingerprint density at radius 1 is 1.37 bits per heavy atom. The van der Waals surface area contributed by atoms with Crippen molar-refractivity contribution in [2.24, 2.45) is 0 Å². The average molecular weight is 261 g/mol. The maximum absolute atomic E-state index is 13.4. The number of hydrogen-bond acceptors (Lipinski definition) is 4. The second-order valence-electron chi connectivity index (χ2n) is 4.02. The number of anilines is 2. The summed E-state index contributed by atoms with van der Waals surface area (Å²) in [6, 6.07) is 4.53. The van der Waals surface area contributed by atoms with Crippen molar-refractivity contribution in [3.63, 3.8) is 0 Å². The summed E-state index contributed by atoms with van der Waals surface area (Å²) in [4.78, 5) is 19.0. The first-order valence-electron chi connectivity index (χ1n) is 5.58. The number of benzene rings is 1. The van der Waals surface area contributed by atoms with Crippen LogP contribution >= 0.6 is 0 Å². The summed E-state index contributed by atoms with van der Waals surface area (Å²) in [6.45, 7) is 3.25. The lowest BCUT2D eigenvalue weighted by Gasteiger charge is -2.11. The number of nitrogens with one attached hydrogen (secondary N) is 1. The molecule has 5 nitrogen and oxygen atoms in total. The van der Waals surface area contributed by atoms with E-state index < -0.39 is 5.97 Å².